The monoisotopic (exact) mass is 380 g/mol. The summed E-state index contributed by atoms with van der Waals surface area (Å²) in [4.78, 5) is 28.7. The molecule has 1 saturated heterocycles. The number of carbonyl (C=O) groups is 2. The molecule has 0 radical (unpaired) electrons. The molecular weight excluding hydrogens is 352 g/mol. The van der Waals surface area contributed by atoms with E-state index < -0.39 is 0 Å². The predicted octanol–water partition coefficient (Wildman–Crippen LogP) is 3.26. The van der Waals surface area contributed by atoms with Gasteiger partial charge < -0.3 is 9.64 Å². The lowest BCUT2D eigenvalue weighted by molar-refractivity contribution is -0.133. The smallest absolute Gasteiger partial charge is 0.226 e. The Hall–Kier alpha value is -2.66. The van der Waals surface area contributed by atoms with Crippen LogP contribution >= 0.6 is 0 Å². The van der Waals surface area contributed by atoms with Crippen LogP contribution in [0, 0.1) is 0 Å². The molecule has 2 aromatic carbocycles. The molecule has 0 saturated carbocycles. The Bertz CT molecular complexity index is 741. The van der Waals surface area contributed by atoms with Crippen molar-refractivity contribution in [3.63, 3.8) is 0 Å². The van der Waals surface area contributed by atoms with E-state index in [2.05, 4.69) is 4.90 Å². The van der Waals surface area contributed by atoms with Gasteiger partial charge in [-0.25, -0.2) is 0 Å². The maximum Gasteiger partial charge on any atom is 0.226 e. The average molecular weight is 380 g/mol. The van der Waals surface area contributed by atoms with Gasteiger partial charge in [-0.1, -0.05) is 48.5 Å². The van der Waals surface area contributed by atoms with Gasteiger partial charge in [-0.3, -0.25) is 14.5 Å². The van der Waals surface area contributed by atoms with Crippen LogP contribution in [0.3, 0.4) is 0 Å². The summed E-state index contributed by atoms with van der Waals surface area (Å²) < 4.78 is 5.61. The first-order valence-electron chi connectivity index (χ1n) is 9.98. The van der Waals surface area contributed by atoms with E-state index in [4.69, 9.17) is 4.74 Å². The number of rotatable bonds is 9. The second-order valence-corrected chi connectivity index (χ2v) is 7.03. The molecule has 1 heterocycles. The Balaban J connectivity index is 1.29. The summed E-state index contributed by atoms with van der Waals surface area (Å²) in [6.45, 7) is 4.53. The molecule has 148 valence electrons. The van der Waals surface area contributed by atoms with Crippen LogP contribution in [0.25, 0.3) is 0 Å². The third-order valence-electron chi connectivity index (χ3n) is 5.03. The number of piperazine rings is 1. The Morgan fingerprint density at radius 1 is 0.821 bits per heavy atom. The zero-order valence-electron chi connectivity index (χ0n) is 16.3. The van der Waals surface area contributed by atoms with Crippen LogP contribution in [0.15, 0.2) is 60.7 Å². The molecule has 28 heavy (non-hydrogen) atoms. The SMILES string of the molecule is O=C(CCCN1CCN(C(=O)CCOc2ccccc2)CC1)c1ccccc1. The van der Waals surface area contributed by atoms with Gasteiger partial charge in [-0.15, -0.1) is 0 Å². The number of hydrogen-bond acceptors (Lipinski definition) is 4. The number of Topliss-reactive ketones (excluding diaryl/α,β-unsaturated/α-hetero) is 1. The van der Waals surface area contributed by atoms with Crippen molar-refractivity contribution in [2.45, 2.75) is 19.3 Å². The highest BCUT2D eigenvalue weighted by molar-refractivity contribution is 5.95. The lowest BCUT2D eigenvalue weighted by atomic mass is 10.1. The van der Waals surface area contributed by atoms with Crippen LogP contribution in [0.4, 0.5) is 0 Å². The fourth-order valence-electron chi connectivity index (χ4n) is 3.38. The lowest BCUT2D eigenvalue weighted by Gasteiger charge is -2.34. The molecule has 5 heteroatoms. The molecule has 0 N–H and O–H groups in total. The molecule has 2 aromatic rings. The molecule has 0 unspecified atom stereocenters. The van der Waals surface area contributed by atoms with E-state index in [9.17, 15) is 9.59 Å². The Kier molecular flexibility index (Phi) is 7.62. The van der Waals surface area contributed by atoms with Gasteiger partial charge in [-0.2, -0.15) is 0 Å². The van der Waals surface area contributed by atoms with Crippen LogP contribution in [0.1, 0.15) is 29.6 Å². The van der Waals surface area contributed by atoms with Crippen molar-refractivity contribution in [3.8, 4) is 5.75 Å². The first kappa shape index (κ1) is 20.1. The molecule has 3 rings (SSSR count). The van der Waals surface area contributed by atoms with Crippen molar-refractivity contribution in [1.82, 2.24) is 9.80 Å². The van der Waals surface area contributed by atoms with Gasteiger partial charge in [0.15, 0.2) is 5.78 Å². The first-order valence-corrected chi connectivity index (χ1v) is 9.98. The van der Waals surface area contributed by atoms with Crippen LogP contribution in [0.2, 0.25) is 0 Å². The summed E-state index contributed by atoms with van der Waals surface area (Å²) in [5.41, 5.74) is 0.788. The largest absolute Gasteiger partial charge is 0.493 e. The van der Waals surface area contributed by atoms with Gasteiger partial charge in [0.25, 0.3) is 0 Å². The third kappa shape index (κ3) is 6.20. The number of carbonyl (C=O) groups excluding carboxylic acids is 2. The van der Waals surface area contributed by atoms with Crippen molar-refractivity contribution in [2.24, 2.45) is 0 Å². The highest BCUT2D eigenvalue weighted by Gasteiger charge is 2.20. The lowest BCUT2D eigenvalue weighted by Crippen LogP contribution is -2.49. The number of nitrogens with zero attached hydrogens (tertiary/aromatic N) is 2. The average Bonchev–Trinajstić information content (AvgIpc) is 2.75. The fourth-order valence-corrected chi connectivity index (χ4v) is 3.38. The predicted molar refractivity (Wildman–Crippen MR) is 110 cm³/mol. The van der Waals surface area contributed by atoms with E-state index >= 15 is 0 Å². The Morgan fingerprint density at radius 2 is 1.46 bits per heavy atom. The summed E-state index contributed by atoms with van der Waals surface area (Å²) in [5.74, 6) is 1.15. The second-order valence-electron chi connectivity index (χ2n) is 7.03. The zero-order chi connectivity index (χ0) is 19.6. The van der Waals surface area contributed by atoms with Crippen LogP contribution in [-0.4, -0.2) is 60.8 Å². The number of amides is 1. The van der Waals surface area contributed by atoms with E-state index in [1.807, 2.05) is 65.6 Å². The van der Waals surface area contributed by atoms with Crippen molar-refractivity contribution in [3.05, 3.63) is 66.2 Å². The minimum atomic E-state index is 0.148. The van der Waals surface area contributed by atoms with E-state index in [-0.39, 0.29) is 11.7 Å². The number of ether oxygens (including phenoxy) is 1. The summed E-state index contributed by atoms with van der Waals surface area (Å²) >= 11 is 0. The van der Waals surface area contributed by atoms with Crippen LogP contribution < -0.4 is 4.74 Å². The molecule has 0 spiro atoms. The van der Waals surface area contributed by atoms with E-state index in [0.717, 1.165) is 50.5 Å². The van der Waals surface area contributed by atoms with Crippen molar-refractivity contribution in [1.29, 1.82) is 0 Å². The summed E-state index contributed by atoms with van der Waals surface area (Å²) in [6.07, 6.45) is 1.83. The highest BCUT2D eigenvalue weighted by Crippen LogP contribution is 2.11. The van der Waals surface area contributed by atoms with Gasteiger partial charge in [0.1, 0.15) is 5.75 Å². The molecule has 0 atom stereocenters. The number of hydrogen-bond donors (Lipinski definition) is 0. The van der Waals surface area contributed by atoms with Gasteiger partial charge in [-0.05, 0) is 25.1 Å². The Labute approximate surface area is 166 Å². The fraction of sp³-hybridized carbons (Fsp3) is 0.391. The quantitative estimate of drug-likeness (QED) is 0.627. The van der Waals surface area contributed by atoms with Gasteiger partial charge in [0.2, 0.25) is 5.91 Å². The second kappa shape index (κ2) is 10.6. The van der Waals surface area contributed by atoms with Crippen molar-refractivity contribution >= 4 is 11.7 Å². The molecule has 0 aliphatic carbocycles. The van der Waals surface area contributed by atoms with E-state index in [1.165, 1.54) is 0 Å². The number of para-hydroxylation sites is 1. The summed E-state index contributed by atoms with van der Waals surface area (Å²) in [7, 11) is 0. The Morgan fingerprint density at radius 3 is 2.14 bits per heavy atom. The van der Waals surface area contributed by atoms with Crippen molar-refractivity contribution < 1.29 is 14.3 Å². The van der Waals surface area contributed by atoms with Crippen molar-refractivity contribution in [2.75, 3.05) is 39.3 Å². The topological polar surface area (TPSA) is 49.9 Å². The summed E-state index contributed by atoms with van der Waals surface area (Å²) in [5, 5.41) is 0. The van der Waals surface area contributed by atoms with E-state index in [1.54, 1.807) is 0 Å². The number of benzene rings is 2. The molecule has 0 aromatic heterocycles. The van der Waals surface area contributed by atoms with Gasteiger partial charge in [0.05, 0.1) is 13.0 Å². The highest BCUT2D eigenvalue weighted by atomic mass is 16.5. The molecule has 1 aliphatic heterocycles. The molecule has 5 nitrogen and oxygen atoms in total. The minimum Gasteiger partial charge on any atom is -0.493 e. The molecule has 1 aliphatic rings. The molecular formula is C23H28N2O3. The van der Waals surface area contributed by atoms with Gasteiger partial charge >= 0.3 is 0 Å². The minimum absolute atomic E-state index is 0.148. The van der Waals surface area contributed by atoms with Crippen LogP contribution in [-0.2, 0) is 4.79 Å². The third-order valence-corrected chi connectivity index (χ3v) is 5.03. The van der Waals surface area contributed by atoms with Crippen LogP contribution in [0.5, 0.6) is 5.75 Å². The molecule has 1 amide bonds. The standard InChI is InChI=1S/C23H28N2O3/c26-22(20-8-3-1-4-9-20)12-7-14-24-15-17-25(18-16-24)23(27)13-19-28-21-10-5-2-6-11-21/h1-6,8-11H,7,12-19H2. The zero-order valence-corrected chi connectivity index (χ0v) is 16.3. The normalized spacial score (nSPS) is 14.6. The molecule has 1 fully saturated rings. The summed E-state index contributed by atoms with van der Waals surface area (Å²) in [6, 6.07) is 19.0. The maximum atomic E-state index is 12.3. The number of ketones is 1. The van der Waals surface area contributed by atoms with Gasteiger partial charge in [0, 0.05) is 38.2 Å². The van der Waals surface area contributed by atoms with E-state index in [0.29, 0.717) is 19.4 Å². The molecule has 0 bridgehead atoms. The maximum absolute atomic E-state index is 12.3. The first-order chi connectivity index (χ1) is 13.7.